The fourth-order valence-corrected chi connectivity index (χ4v) is 1.53. The largest absolute Gasteiger partial charge is 0.396 e. The molecule has 0 saturated heterocycles. The summed E-state index contributed by atoms with van der Waals surface area (Å²) in [6.07, 6.45) is 1.10. The minimum absolute atomic E-state index is 0.0481. The van der Waals surface area contributed by atoms with E-state index in [1.54, 1.807) is 0 Å². The SMILES string of the molecule is CC(C)(CNC(=O)c1ccc(N)c(F)c1)S(C)(=O)=O. The molecule has 0 spiro atoms. The monoisotopic (exact) mass is 288 g/mol. The molecule has 7 heteroatoms. The number of sulfone groups is 1. The average molecular weight is 288 g/mol. The third-order valence-electron chi connectivity index (χ3n) is 2.94. The zero-order valence-corrected chi connectivity index (χ0v) is 11.8. The summed E-state index contributed by atoms with van der Waals surface area (Å²) in [6.45, 7) is 2.95. The molecule has 1 amide bonds. The van der Waals surface area contributed by atoms with Gasteiger partial charge in [0.2, 0.25) is 0 Å². The third-order valence-corrected chi connectivity index (χ3v) is 5.09. The predicted octanol–water partition coefficient (Wildman–Crippen LogP) is 0.961. The molecule has 106 valence electrons. The molecule has 0 heterocycles. The maximum atomic E-state index is 13.2. The third kappa shape index (κ3) is 3.66. The van der Waals surface area contributed by atoms with E-state index >= 15 is 0 Å². The Bertz CT molecular complexity index is 597. The number of benzene rings is 1. The van der Waals surface area contributed by atoms with Gasteiger partial charge in [0.15, 0.2) is 9.84 Å². The first-order valence-corrected chi connectivity index (χ1v) is 7.46. The topological polar surface area (TPSA) is 89.3 Å². The van der Waals surface area contributed by atoms with Crippen molar-refractivity contribution in [1.82, 2.24) is 5.32 Å². The van der Waals surface area contributed by atoms with Gasteiger partial charge in [-0.05, 0) is 32.0 Å². The summed E-state index contributed by atoms with van der Waals surface area (Å²) in [5, 5.41) is 2.47. The molecule has 0 aliphatic heterocycles. The first kappa shape index (κ1) is 15.4. The Kier molecular flexibility index (Phi) is 4.19. The van der Waals surface area contributed by atoms with Gasteiger partial charge in [-0.3, -0.25) is 4.79 Å². The summed E-state index contributed by atoms with van der Waals surface area (Å²) in [5.41, 5.74) is 5.35. The van der Waals surface area contributed by atoms with Crippen molar-refractivity contribution < 1.29 is 17.6 Å². The van der Waals surface area contributed by atoms with Crippen molar-refractivity contribution in [2.45, 2.75) is 18.6 Å². The second kappa shape index (κ2) is 5.16. The molecule has 0 saturated carbocycles. The van der Waals surface area contributed by atoms with Gasteiger partial charge in [0, 0.05) is 18.4 Å². The number of anilines is 1. The molecule has 0 radical (unpaired) electrons. The molecular weight excluding hydrogens is 271 g/mol. The van der Waals surface area contributed by atoms with Crippen LogP contribution in [-0.2, 0) is 9.84 Å². The lowest BCUT2D eigenvalue weighted by atomic mass is 10.1. The number of carbonyl (C=O) groups excluding carboxylic acids is 1. The first-order chi connectivity index (χ1) is 8.54. The lowest BCUT2D eigenvalue weighted by Crippen LogP contribution is -2.43. The number of nitrogens with two attached hydrogens (primary N) is 1. The molecule has 0 aliphatic rings. The van der Waals surface area contributed by atoms with Crippen molar-refractivity contribution in [3.8, 4) is 0 Å². The van der Waals surface area contributed by atoms with Crippen LogP contribution in [0.5, 0.6) is 0 Å². The van der Waals surface area contributed by atoms with Crippen molar-refractivity contribution >= 4 is 21.4 Å². The predicted molar refractivity (Wildman–Crippen MR) is 72.1 cm³/mol. The zero-order valence-electron chi connectivity index (χ0n) is 11.0. The van der Waals surface area contributed by atoms with Crippen LogP contribution in [0.15, 0.2) is 18.2 Å². The number of carbonyl (C=O) groups is 1. The molecule has 0 aromatic heterocycles. The molecule has 0 unspecified atom stereocenters. The minimum atomic E-state index is -3.30. The normalized spacial score (nSPS) is 12.2. The lowest BCUT2D eigenvalue weighted by Gasteiger charge is -2.22. The van der Waals surface area contributed by atoms with Gasteiger partial charge in [0.25, 0.3) is 5.91 Å². The molecule has 19 heavy (non-hydrogen) atoms. The van der Waals surface area contributed by atoms with E-state index in [4.69, 9.17) is 5.73 Å². The van der Waals surface area contributed by atoms with Gasteiger partial charge in [-0.2, -0.15) is 0 Å². The molecule has 1 aromatic rings. The van der Waals surface area contributed by atoms with E-state index < -0.39 is 26.3 Å². The van der Waals surface area contributed by atoms with Crippen molar-refractivity contribution in [3.63, 3.8) is 0 Å². The van der Waals surface area contributed by atoms with E-state index in [9.17, 15) is 17.6 Å². The highest BCUT2D eigenvalue weighted by Crippen LogP contribution is 2.15. The smallest absolute Gasteiger partial charge is 0.251 e. The van der Waals surface area contributed by atoms with Gasteiger partial charge in [0.05, 0.1) is 10.4 Å². The molecule has 0 fully saturated rings. The number of hydrogen-bond donors (Lipinski definition) is 2. The summed E-state index contributed by atoms with van der Waals surface area (Å²) in [4.78, 5) is 11.8. The number of hydrogen-bond acceptors (Lipinski definition) is 4. The molecule has 1 aromatic carbocycles. The van der Waals surface area contributed by atoms with E-state index in [1.165, 1.54) is 26.0 Å². The minimum Gasteiger partial charge on any atom is -0.396 e. The van der Waals surface area contributed by atoms with Crippen LogP contribution in [0.1, 0.15) is 24.2 Å². The zero-order chi connectivity index (χ0) is 14.8. The van der Waals surface area contributed by atoms with Gasteiger partial charge in [-0.25, -0.2) is 12.8 Å². The van der Waals surface area contributed by atoms with Crippen molar-refractivity contribution in [2.75, 3.05) is 18.5 Å². The summed E-state index contributed by atoms with van der Waals surface area (Å²) < 4.78 is 35.1. The van der Waals surface area contributed by atoms with Crippen molar-refractivity contribution in [1.29, 1.82) is 0 Å². The van der Waals surface area contributed by atoms with Crippen molar-refractivity contribution in [2.24, 2.45) is 0 Å². The Hall–Kier alpha value is -1.63. The average Bonchev–Trinajstić information content (AvgIpc) is 2.28. The van der Waals surface area contributed by atoms with Crippen LogP contribution in [0.2, 0.25) is 0 Å². The van der Waals surface area contributed by atoms with Gasteiger partial charge >= 0.3 is 0 Å². The maximum absolute atomic E-state index is 13.2. The molecule has 3 N–H and O–H groups in total. The van der Waals surface area contributed by atoms with E-state index in [1.807, 2.05) is 0 Å². The van der Waals surface area contributed by atoms with Gasteiger partial charge < -0.3 is 11.1 Å². The van der Waals surface area contributed by atoms with Crippen LogP contribution in [-0.4, -0.2) is 31.9 Å². The Morgan fingerprint density at radius 3 is 2.47 bits per heavy atom. The molecule has 5 nitrogen and oxygen atoms in total. The molecule has 0 atom stereocenters. The Labute approximate surface area is 111 Å². The van der Waals surface area contributed by atoms with Gasteiger partial charge in [-0.1, -0.05) is 0 Å². The molecule has 1 rings (SSSR count). The second-order valence-corrected chi connectivity index (χ2v) is 7.60. The summed E-state index contributed by atoms with van der Waals surface area (Å²) in [7, 11) is -3.30. The fourth-order valence-electron chi connectivity index (χ4n) is 1.19. The second-order valence-electron chi connectivity index (χ2n) is 4.95. The van der Waals surface area contributed by atoms with Gasteiger partial charge in [0.1, 0.15) is 5.82 Å². The number of halogens is 1. The number of nitrogen functional groups attached to an aromatic ring is 1. The van der Waals surface area contributed by atoms with Crippen LogP contribution in [0.25, 0.3) is 0 Å². The Morgan fingerprint density at radius 2 is 2.00 bits per heavy atom. The van der Waals surface area contributed by atoms with Crippen LogP contribution in [0.4, 0.5) is 10.1 Å². The number of rotatable bonds is 4. The molecule has 0 aliphatic carbocycles. The van der Waals surface area contributed by atoms with E-state index in [0.717, 1.165) is 12.3 Å². The molecular formula is C12H17FN2O3S. The van der Waals surface area contributed by atoms with E-state index in [2.05, 4.69) is 5.32 Å². The first-order valence-electron chi connectivity index (χ1n) is 5.57. The maximum Gasteiger partial charge on any atom is 0.251 e. The highest BCUT2D eigenvalue weighted by molar-refractivity contribution is 7.92. The fraction of sp³-hybridized carbons (Fsp3) is 0.417. The number of nitrogens with one attached hydrogen (secondary N) is 1. The van der Waals surface area contributed by atoms with Crippen LogP contribution < -0.4 is 11.1 Å². The highest BCUT2D eigenvalue weighted by atomic mass is 32.2. The summed E-state index contributed by atoms with van der Waals surface area (Å²) in [5.74, 6) is -1.23. The van der Waals surface area contributed by atoms with E-state index in [0.29, 0.717) is 0 Å². The van der Waals surface area contributed by atoms with Gasteiger partial charge in [-0.15, -0.1) is 0 Å². The van der Waals surface area contributed by atoms with Crippen LogP contribution >= 0.6 is 0 Å². The standard InChI is InChI=1S/C12H17FN2O3S/c1-12(2,19(3,17)18)7-15-11(16)8-4-5-10(14)9(13)6-8/h4-6H,7,14H2,1-3H3,(H,15,16). The number of amides is 1. The van der Waals surface area contributed by atoms with E-state index in [-0.39, 0.29) is 17.8 Å². The van der Waals surface area contributed by atoms with Crippen molar-refractivity contribution in [3.05, 3.63) is 29.6 Å². The Morgan fingerprint density at radius 1 is 1.42 bits per heavy atom. The Balaban J connectivity index is 2.79. The highest BCUT2D eigenvalue weighted by Gasteiger charge is 2.30. The summed E-state index contributed by atoms with van der Waals surface area (Å²) in [6, 6.07) is 3.67. The summed E-state index contributed by atoms with van der Waals surface area (Å²) >= 11 is 0. The van der Waals surface area contributed by atoms with Crippen LogP contribution in [0, 0.1) is 5.82 Å². The quantitative estimate of drug-likeness (QED) is 0.808. The van der Waals surface area contributed by atoms with Crippen LogP contribution in [0.3, 0.4) is 0 Å². The lowest BCUT2D eigenvalue weighted by molar-refractivity contribution is 0.0950. The molecule has 0 bridgehead atoms.